The molecule has 2 aromatic rings. The number of hydrazone groups is 1. The van der Waals surface area contributed by atoms with E-state index in [1.807, 2.05) is 25.1 Å². The standard InChI is InChI=1S/C15H16N4O2/c1-11-5-4-6-12(9-11)21-10-14(20)18-19-15(16)13-7-2-3-8-17-13/h2-9H,10H2,1H3,(H2,16,19)(H,18,20). The summed E-state index contributed by atoms with van der Waals surface area (Å²) in [7, 11) is 0. The number of hydrogen-bond donors (Lipinski definition) is 2. The number of nitrogens with one attached hydrogen (secondary N) is 1. The van der Waals surface area contributed by atoms with Crippen LogP contribution in [0, 0.1) is 6.92 Å². The van der Waals surface area contributed by atoms with Gasteiger partial charge in [-0.15, -0.1) is 0 Å². The first-order valence-electron chi connectivity index (χ1n) is 6.38. The Morgan fingerprint density at radius 2 is 2.19 bits per heavy atom. The first-order valence-corrected chi connectivity index (χ1v) is 6.38. The van der Waals surface area contributed by atoms with Gasteiger partial charge in [0.2, 0.25) is 0 Å². The third-order valence-electron chi connectivity index (χ3n) is 2.59. The van der Waals surface area contributed by atoms with E-state index in [4.69, 9.17) is 10.5 Å². The van der Waals surface area contributed by atoms with Crippen LogP contribution in [-0.4, -0.2) is 23.3 Å². The number of carbonyl (C=O) groups is 1. The minimum Gasteiger partial charge on any atom is -0.484 e. The Morgan fingerprint density at radius 3 is 2.90 bits per heavy atom. The maximum absolute atomic E-state index is 11.6. The molecule has 21 heavy (non-hydrogen) atoms. The number of ether oxygens (including phenoxy) is 1. The molecule has 6 heteroatoms. The van der Waals surface area contributed by atoms with Crippen LogP contribution >= 0.6 is 0 Å². The number of aromatic nitrogens is 1. The van der Waals surface area contributed by atoms with Gasteiger partial charge in [0.15, 0.2) is 12.4 Å². The molecule has 1 amide bonds. The van der Waals surface area contributed by atoms with Crippen LogP contribution in [0.5, 0.6) is 5.75 Å². The summed E-state index contributed by atoms with van der Waals surface area (Å²) in [5.41, 5.74) is 9.59. The number of amides is 1. The number of carbonyl (C=O) groups excluding carboxylic acids is 1. The van der Waals surface area contributed by atoms with Crippen LogP contribution < -0.4 is 15.9 Å². The van der Waals surface area contributed by atoms with Crippen LogP contribution in [0.4, 0.5) is 0 Å². The third kappa shape index (κ3) is 4.61. The van der Waals surface area contributed by atoms with Gasteiger partial charge in [0.1, 0.15) is 11.4 Å². The minimum atomic E-state index is -0.393. The molecule has 0 aliphatic carbocycles. The van der Waals surface area contributed by atoms with Gasteiger partial charge in [-0.25, -0.2) is 5.43 Å². The molecular weight excluding hydrogens is 268 g/mol. The van der Waals surface area contributed by atoms with E-state index in [2.05, 4.69) is 15.5 Å². The van der Waals surface area contributed by atoms with Crippen molar-refractivity contribution in [2.24, 2.45) is 10.8 Å². The van der Waals surface area contributed by atoms with Crippen LogP contribution in [0.2, 0.25) is 0 Å². The van der Waals surface area contributed by atoms with Crippen molar-refractivity contribution in [2.75, 3.05) is 6.61 Å². The molecule has 0 bridgehead atoms. The van der Waals surface area contributed by atoms with Gasteiger partial charge in [0.05, 0.1) is 0 Å². The number of aryl methyl sites for hydroxylation is 1. The van der Waals surface area contributed by atoms with E-state index >= 15 is 0 Å². The maximum atomic E-state index is 11.6. The lowest BCUT2D eigenvalue weighted by atomic mass is 10.2. The Hall–Kier alpha value is -2.89. The molecule has 0 aliphatic heterocycles. The molecule has 6 nitrogen and oxygen atoms in total. The van der Waals surface area contributed by atoms with Gasteiger partial charge in [-0.3, -0.25) is 9.78 Å². The molecule has 0 unspecified atom stereocenters. The van der Waals surface area contributed by atoms with Crippen LogP contribution in [0.1, 0.15) is 11.3 Å². The van der Waals surface area contributed by atoms with E-state index in [1.165, 1.54) is 0 Å². The molecule has 0 saturated carbocycles. The zero-order chi connectivity index (χ0) is 15.1. The monoisotopic (exact) mass is 284 g/mol. The molecule has 1 aromatic heterocycles. The van der Waals surface area contributed by atoms with Crippen molar-refractivity contribution < 1.29 is 9.53 Å². The molecule has 0 saturated heterocycles. The Labute approximate surface area is 122 Å². The number of amidine groups is 1. The van der Waals surface area contributed by atoms with E-state index in [-0.39, 0.29) is 12.4 Å². The molecule has 0 spiro atoms. The van der Waals surface area contributed by atoms with Crippen molar-refractivity contribution >= 4 is 11.7 Å². The highest BCUT2D eigenvalue weighted by Gasteiger charge is 2.03. The van der Waals surface area contributed by atoms with Crippen molar-refractivity contribution in [3.63, 3.8) is 0 Å². The highest BCUT2D eigenvalue weighted by molar-refractivity contribution is 5.96. The molecular formula is C15H16N4O2. The molecule has 1 heterocycles. The van der Waals surface area contributed by atoms with Crippen LogP contribution in [0.15, 0.2) is 53.8 Å². The number of nitrogens with zero attached hydrogens (tertiary/aromatic N) is 2. The topological polar surface area (TPSA) is 89.6 Å². The first kappa shape index (κ1) is 14.5. The maximum Gasteiger partial charge on any atom is 0.278 e. The van der Waals surface area contributed by atoms with Crippen molar-refractivity contribution in [2.45, 2.75) is 6.92 Å². The molecule has 0 atom stereocenters. The van der Waals surface area contributed by atoms with Crippen LogP contribution in [-0.2, 0) is 4.79 Å². The zero-order valence-electron chi connectivity index (χ0n) is 11.6. The lowest BCUT2D eigenvalue weighted by Gasteiger charge is -2.06. The zero-order valence-corrected chi connectivity index (χ0v) is 11.6. The van der Waals surface area contributed by atoms with Gasteiger partial charge >= 0.3 is 0 Å². The molecule has 108 valence electrons. The van der Waals surface area contributed by atoms with E-state index in [0.717, 1.165) is 5.56 Å². The quantitative estimate of drug-likeness (QED) is 0.490. The summed E-state index contributed by atoms with van der Waals surface area (Å²) in [6, 6.07) is 12.7. The van der Waals surface area contributed by atoms with Gasteiger partial charge in [-0.05, 0) is 36.8 Å². The highest BCUT2D eigenvalue weighted by atomic mass is 16.5. The predicted octanol–water partition coefficient (Wildman–Crippen LogP) is 1.21. The molecule has 3 N–H and O–H groups in total. The van der Waals surface area contributed by atoms with Gasteiger partial charge in [-0.1, -0.05) is 18.2 Å². The second kappa shape index (κ2) is 7.04. The Kier molecular flexibility index (Phi) is 4.87. The number of rotatable bonds is 5. The smallest absolute Gasteiger partial charge is 0.278 e. The summed E-state index contributed by atoms with van der Waals surface area (Å²) in [5, 5.41) is 3.78. The number of nitrogens with two attached hydrogens (primary N) is 1. The number of benzene rings is 1. The largest absolute Gasteiger partial charge is 0.484 e. The number of hydrogen-bond acceptors (Lipinski definition) is 4. The summed E-state index contributed by atoms with van der Waals surface area (Å²) in [6.45, 7) is 1.81. The first-order chi connectivity index (χ1) is 10.1. The molecule has 1 aromatic carbocycles. The van der Waals surface area contributed by atoms with E-state index in [1.54, 1.807) is 30.5 Å². The summed E-state index contributed by atoms with van der Waals surface area (Å²) in [4.78, 5) is 15.6. The van der Waals surface area contributed by atoms with Crippen molar-refractivity contribution in [1.29, 1.82) is 0 Å². The number of pyridine rings is 1. The predicted molar refractivity (Wildman–Crippen MR) is 79.8 cm³/mol. The molecule has 0 radical (unpaired) electrons. The van der Waals surface area contributed by atoms with Crippen molar-refractivity contribution in [1.82, 2.24) is 10.4 Å². The fraction of sp³-hybridized carbons (Fsp3) is 0.133. The highest BCUT2D eigenvalue weighted by Crippen LogP contribution is 2.11. The SMILES string of the molecule is Cc1cccc(OCC(=O)N/N=C(\N)c2ccccn2)c1. The molecule has 0 aliphatic rings. The average Bonchev–Trinajstić information content (AvgIpc) is 2.51. The van der Waals surface area contributed by atoms with E-state index < -0.39 is 5.91 Å². The normalized spacial score (nSPS) is 11.0. The average molecular weight is 284 g/mol. The lowest BCUT2D eigenvalue weighted by Crippen LogP contribution is -2.28. The second-order valence-corrected chi connectivity index (χ2v) is 4.35. The van der Waals surface area contributed by atoms with Crippen molar-refractivity contribution in [3.8, 4) is 5.75 Å². The summed E-state index contributed by atoms with van der Waals surface area (Å²) >= 11 is 0. The summed E-state index contributed by atoms with van der Waals surface area (Å²) in [5.74, 6) is 0.377. The third-order valence-corrected chi connectivity index (χ3v) is 2.59. The second-order valence-electron chi connectivity index (χ2n) is 4.35. The van der Waals surface area contributed by atoms with Gasteiger partial charge in [0, 0.05) is 6.20 Å². The minimum absolute atomic E-state index is 0.136. The van der Waals surface area contributed by atoms with Gasteiger partial charge in [-0.2, -0.15) is 5.10 Å². The van der Waals surface area contributed by atoms with Crippen molar-refractivity contribution in [3.05, 3.63) is 59.9 Å². The fourth-order valence-corrected chi connectivity index (χ4v) is 1.58. The van der Waals surface area contributed by atoms with Gasteiger partial charge in [0.25, 0.3) is 5.91 Å². The van der Waals surface area contributed by atoms with E-state index in [9.17, 15) is 4.79 Å². The van der Waals surface area contributed by atoms with E-state index in [0.29, 0.717) is 11.4 Å². The Bertz CT molecular complexity index is 641. The molecule has 2 rings (SSSR count). The Morgan fingerprint density at radius 1 is 1.33 bits per heavy atom. The van der Waals surface area contributed by atoms with Crippen LogP contribution in [0.3, 0.4) is 0 Å². The summed E-state index contributed by atoms with van der Waals surface area (Å²) < 4.78 is 5.35. The molecule has 0 fully saturated rings. The lowest BCUT2D eigenvalue weighted by molar-refractivity contribution is -0.123. The Balaban J connectivity index is 1.85. The van der Waals surface area contributed by atoms with Gasteiger partial charge < -0.3 is 10.5 Å². The fourth-order valence-electron chi connectivity index (χ4n) is 1.58. The summed E-state index contributed by atoms with van der Waals surface area (Å²) in [6.07, 6.45) is 1.60. The van der Waals surface area contributed by atoms with Crippen LogP contribution in [0.25, 0.3) is 0 Å².